The van der Waals surface area contributed by atoms with Crippen LogP contribution in [-0.4, -0.2) is 25.8 Å². The van der Waals surface area contributed by atoms with Crippen LogP contribution in [0.4, 0.5) is 0 Å². The highest BCUT2D eigenvalue weighted by atomic mass is 35.5. The predicted molar refractivity (Wildman–Crippen MR) is 110 cm³/mol. The molecule has 2 aromatic rings. The van der Waals surface area contributed by atoms with Crippen LogP contribution in [0.3, 0.4) is 0 Å². The van der Waals surface area contributed by atoms with Gasteiger partial charge in [-0.05, 0) is 47.6 Å². The van der Waals surface area contributed by atoms with Crippen LogP contribution in [0.15, 0.2) is 53.4 Å². The lowest BCUT2D eigenvalue weighted by molar-refractivity contribution is 0.187. The maximum absolute atomic E-state index is 13.1. The van der Waals surface area contributed by atoms with Gasteiger partial charge in [-0.15, -0.1) is 0 Å². The molecular formula is C21H27ClN2O2S. The van der Waals surface area contributed by atoms with Gasteiger partial charge in [-0.1, -0.05) is 55.8 Å². The molecule has 0 spiro atoms. The summed E-state index contributed by atoms with van der Waals surface area (Å²) in [5.74, 6) is 0. The number of piperidine rings is 1. The average Bonchev–Trinajstić information content (AvgIpc) is 2.63. The molecule has 1 aliphatic heterocycles. The van der Waals surface area contributed by atoms with E-state index in [9.17, 15) is 8.42 Å². The van der Waals surface area contributed by atoms with Crippen molar-refractivity contribution in [1.82, 2.24) is 9.62 Å². The smallest absolute Gasteiger partial charge is 0.243 e. The zero-order valence-corrected chi connectivity index (χ0v) is 17.5. The van der Waals surface area contributed by atoms with Crippen molar-refractivity contribution in [3.05, 3.63) is 64.7 Å². The van der Waals surface area contributed by atoms with Crippen LogP contribution in [0.1, 0.15) is 37.8 Å². The normalized spacial score (nSPS) is 17.7. The molecule has 1 heterocycles. The predicted octanol–water partition coefficient (Wildman–Crippen LogP) is 4.44. The molecular weight excluding hydrogens is 380 g/mol. The Balaban J connectivity index is 1.68. The Hall–Kier alpha value is -1.40. The molecule has 0 bridgehead atoms. The molecule has 0 saturated carbocycles. The molecule has 1 N–H and O–H groups in total. The van der Waals surface area contributed by atoms with Crippen molar-refractivity contribution in [2.45, 2.75) is 44.7 Å². The van der Waals surface area contributed by atoms with Crippen molar-refractivity contribution in [3.63, 3.8) is 0 Å². The SMILES string of the molecule is CC1(C)CCCN(S(=O)(=O)c2cccc(CNCc3ccccc3Cl)c2)C1. The number of benzene rings is 2. The summed E-state index contributed by atoms with van der Waals surface area (Å²) < 4.78 is 27.7. The number of sulfonamides is 1. The number of hydrogen-bond donors (Lipinski definition) is 1. The van der Waals surface area contributed by atoms with Gasteiger partial charge in [0.2, 0.25) is 10.0 Å². The summed E-state index contributed by atoms with van der Waals surface area (Å²) in [5, 5.41) is 4.07. The molecule has 0 amide bonds. The van der Waals surface area contributed by atoms with Crippen LogP contribution in [0, 0.1) is 5.41 Å². The zero-order valence-electron chi connectivity index (χ0n) is 15.9. The number of nitrogens with zero attached hydrogens (tertiary/aromatic N) is 1. The summed E-state index contributed by atoms with van der Waals surface area (Å²) in [6, 6.07) is 14.9. The molecule has 2 aromatic carbocycles. The molecule has 146 valence electrons. The highest BCUT2D eigenvalue weighted by molar-refractivity contribution is 7.89. The Morgan fingerprint density at radius 1 is 1.11 bits per heavy atom. The van der Waals surface area contributed by atoms with Crippen molar-refractivity contribution in [2.24, 2.45) is 5.41 Å². The van der Waals surface area contributed by atoms with Gasteiger partial charge in [0.25, 0.3) is 0 Å². The van der Waals surface area contributed by atoms with E-state index in [4.69, 9.17) is 11.6 Å². The number of nitrogens with one attached hydrogen (secondary N) is 1. The number of halogens is 1. The molecule has 6 heteroatoms. The van der Waals surface area contributed by atoms with Gasteiger partial charge in [-0.25, -0.2) is 8.42 Å². The van der Waals surface area contributed by atoms with E-state index in [1.54, 1.807) is 16.4 Å². The van der Waals surface area contributed by atoms with Crippen molar-refractivity contribution in [3.8, 4) is 0 Å². The summed E-state index contributed by atoms with van der Waals surface area (Å²) in [5.41, 5.74) is 2.00. The highest BCUT2D eigenvalue weighted by Gasteiger charge is 2.34. The van der Waals surface area contributed by atoms with E-state index in [-0.39, 0.29) is 5.41 Å². The summed E-state index contributed by atoms with van der Waals surface area (Å²) in [6.07, 6.45) is 1.97. The third-order valence-corrected chi connectivity index (χ3v) is 7.21. The molecule has 0 unspecified atom stereocenters. The van der Waals surface area contributed by atoms with Gasteiger partial charge in [-0.2, -0.15) is 4.31 Å². The maximum atomic E-state index is 13.1. The van der Waals surface area contributed by atoms with Gasteiger partial charge in [0.05, 0.1) is 4.90 Å². The van der Waals surface area contributed by atoms with E-state index in [1.165, 1.54) is 0 Å². The first-order chi connectivity index (χ1) is 12.8. The Labute approximate surface area is 167 Å². The lowest BCUT2D eigenvalue weighted by Crippen LogP contribution is -2.43. The molecule has 1 fully saturated rings. The molecule has 0 aromatic heterocycles. The fourth-order valence-electron chi connectivity index (χ4n) is 3.52. The third kappa shape index (κ3) is 5.11. The van der Waals surface area contributed by atoms with Crippen LogP contribution >= 0.6 is 11.6 Å². The van der Waals surface area contributed by atoms with Gasteiger partial charge in [0.15, 0.2) is 0 Å². The van der Waals surface area contributed by atoms with Crippen molar-refractivity contribution < 1.29 is 8.42 Å². The second kappa shape index (κ2) is 8.31. The van der Waals surface area contributed by atoms with Crippen molar-refractivity contribution >= 4 is 21.6 Å². The first-order valence-corrected chi connectivity index (χ1v) is 11.1. The van der Waals surface area contributed by atoms with E-state index in [2.05, 4.69) is 19.2 Å². The second-order valence-electron chi connectivity index (χ2n) is 7.95. The van der Waals surface area contributed by atoms with Gasteiger partial charge in [0, 0.05) is 31.2 Å². The fraction of sp³-hybridized carbons (Fsp3) is 0.429. The standard InChI is InChI=1S/C21H27ClN2O2S/c1-21(2)11-6-12-24(16-21)27(25,26)19-9-5-7-17(13-19)14-23-15-18-8-3-4-10-20(18)22/h3-5,7-10,13,23H,6,11-12,14-16H2,1-2H3. The fourth-order valence-corrected chi connectivity index (χ4v) is 5.46. The van der Waals surface area contributed by atoms with Crippen LogP contribution in [0.5, 0.6) is 0 Å². The van der Waals surface area contributed by atoms with E-state index in [1.807, 2.05) is 36.4 Å². The minimum atomic E-state index is -3.46. The van der Waals surface area contributed by atoms with E-state index in [0.29, 0.717) is 31.1 Å². The zero-order chi connectivity index (χ0) is 19.5. The minimum Gasteiger partial charge on any atom is -0.309 e. The largest absolute Gasteiger partial charge is 0.309 e. The molecule has 1 saturated heterocycles. The Bertz CT molecular complexity index is 897. The van der Waals surface area contributed by atoms with Crippen LogP contribution in [0.2, 0.25) is 5.02 Å². The quantitative estimate of drug-likeness (QED) is 0.771. The highest BCUT2D eigenvalue weighted by Crippen LogP contribution is 2.32. The Kier molecular flexibility index (Phi) is 6.26. The summed E-state index contributed by atoms with van der Waals surface area (Å²) in [7, 11) is -3.46. The molecule has 4 nitrogen and oxygen atoms in total. The Morgan fingerprint density at radius 2 is 1.89 bits per heavy atom. The summed E-state index contributed by atoms with van der Waals surface area (Å²) in [6.45, 7) is 6.65. The number of rotatable bonds is 6. The lowest BCUT2D eigenvalue weighted by atomic mass is 9.85. The van der Waals surface area contributed by atoms with Gasteiger partial charge in [-0.3, -0.25) is 0 Å². The molecule has 1 aliphatic rings. The topological polar surface area (TPSA) is 49.4 Å². The van der Waals surface area contributed by atoms with E-state index in [0.717, 1.165) is 29.0 Å². The average molecular weight is 407 g/mol. The number of hydrogen-bond acceptors (Lipinski definition) is 3. The Morgan fingerprint density at radius 3 is 2.63 bits per heavy atom. The first-order valence-electron chi connectivity index (χ1n) is 9.31. The maximum Gasteiger partial charge on any atom is 0.243 e. The molecule has 3 rings (SSSR count). The molecule has 0 radical (unpaired) electrons. The van der Waals surface area contributed by atoms with Gasteiger partial charge < -0.3 is 5.32 Å². The van der Waals surface area contributed by atoms with Crippen LogP contribution in [0.25, 0.3) is 0 Å². The molecule has 27 heavy (non-hydrogen) atoms. The van der Waals surface area contributed by atoms with Crippen molar-refractivity contribution in [2.75, 3.05) is 13.1 Å². The van der Waals surface area contributed by atoms with E-state index < -0.39 is 10.0 Å². The van der Waals surface area contributed by atoms with Crippen LogP contribution in [-0.2, 0) is 23.1 Å². The molecule has 0 aliphatic carbocycles. The lowest BCUT2D eigenvalue weighted by Gasteiger charge is -2.37. The minimum absolute atomic E-state index is 0.0272. The second-order valence-corrected chi connectivity index (χ2v) is 10.3. The summed E-state index contributed by atoms with van der Waals surface area (Å²) in [4.78, 5) is 0.372. The van der Waals surface area contributed by atoms with E-state index >= 15 is 0 Å². The van der Waals surface area contributed by atoms with Gasteiger partial charge >= 0.3 is 0 Å². The molecule has 0 atom stereocenters. The summed E-state index contributed by atoms with van der Waals surface area (Å²) >= 11 is 6.18. The monoisotopic (exact) mass is 406 g/mol. The van der Waals surface area contributed by atoms with Crippen molar-refractivity contribution in [1.29, 1.82) is 0 Å². The van der Waals surface area contributed by atoms with Gasteiger partial charge in [0.1, 0.15) is 0 Å². The third-order valence-electron chi connectivity index (χ3n) is 5.00. The first kappa shape index (κ1) is 20.3. The van der Waals surface area contributed by atoms with Crippen LogP contribution < -0.4 is 5.32 Å².